The molecule has 0 spiro atoms. The van der Waals surface area contributed by atoms with Gasteiger partial charge >= 0.3 is 6.03 Å². The summed E-state index contributed by atoms with van der Waals surface area (Å²) in [5.41, 5.74) is 0. The Bertz CT molecular complexity index is 763. The van der Waals surface area contributed by atoms with Crippen molar-refractivity contribution in [2.24, 2.45) is 0 Å². The van der Waals surface area contributed by atoms with Crippen LogP contribution in [0.2, 0.25) is 0 Å². The number of hydrogen-bond acceptors (Lipinski definition) is 7. The highest BCUT2D eigenvalue weighted by molar-refractivity contribution is 5.88. The molecule has 1 aliphatic rings. The zero-order valence-corrected chi connectivity index (χ0v) is 16.0. The summed E-state index contributed by atoms with van der Waals surface area (Å²) in [5.74, 6) is 2.60. The van der Waals surface area contributed by atoms with E-state index < -0.39 is 0 Å². The summed E-state index contributed by atoms with van der Waals surface area (Å²) in [4.78, 5) is 25.2. The molecule has 2 amide bonds. The van der Waals surface area contributed by atoms with Crippen LogP contribution in [0.25, 0.3) is 0 Å². The first-order chi connectivity index (χ1) is 13.1. The maximum Gasteiger partial charge on any atom is 0.323 e. The van der Waals surface area contributed by atoms with Gasteiger partial charge in [-0.25, -0.2) is 9.78 Å². The highest BCUT2D eigenvalue weighted by Crippen LogP contribution is 2.19. The second-order valence-corrected chi connectivity index (χ2v) is 6.65. The number of urea groups is 1. The summed E-state index contributed by atoms with van der Waals surface area (Å²) >= 11 is 0. The molecule has 146 valence electrons. The molecule has 3 heterocycles. The molecule has 9 nitrogen and oxygen atoms in total. The van der Waals surface area contributed by atoms with E-state index in [1.54, 1.807) is 23.2 Å². The number of carbonyl (C=O) groups excluding carboxylic acids is 1. The largest absolute Gasteiger partial charge is 0.478 e. The lowest BCUT2D eigenvalue weighted by molar-refractivity contribution is 0.215. The zero-order valence-electron chi connectivity index (χ0n) is 16.0. The van der Waals surface area contributed by atoms with Crippen molar-refractivity contribution in [3.8, 4) is 5.88 Å². The fraction of sp³-hybridized carbons (Fsp3) is 0.556. The predicted molar refractivity (Wildman–Crippen MR) is 101 cm³/mol. The number of amides is 2. The number of anilines is 2. The predicted octanol–water partition coefficient (Wildman–Crippen LogP) is 2.73. The lowest BCUT2D eigenvalue weighted by atomic mass is 10.2. The smallest absolute Gasteiger partial charge is 0.323 e. The first kappa shape index (κ1) is 18.9. The quantitative estimate of drug-likeness (QED) is 0.859. The average Bonchev–Trinajstić information content (AvgIpc) is 2.98. The first-order valence-electron chi connectivity index (χ1n) is 9.30. The lowest BCUT2D eigenvalue weighted by Gasteiger charge is -2.22. The van der Waals surface area contributed by atoms with Crippen molar-refractivity contribution in [2.75, 3.05) is 43.0 Å². The number of ether oxygens (including phenoxy) is 1. The summed E-state index contributed by atoms with van der Waals surface area (Å²) in [5, 5.41) is 6.71. The van der Waals surface area contributed by atoms with Crippen LogP contribution in [-0.2, 0) is 0 Å². The van der Waals surface area contributed by atoms with Gasteiger partial charge in [0.2, 0.25) is 11.8 Å². The Morgan fingerprint density at radius 1 is 1.33 bits per heavy atom. The van der Waals surface area contributed by atoms with Crippen LogP contribution in [0.1, 0.15) is 38.9 Å². The molecule has 1 fully saturated rings. The molecule has 0 aliphatic carbocycles. The van der Waals surface area contributed by atoms with Crippen LogP contribution in [0.15, 0.2) is 22.9 Å². The molecule has 0 bridgehead atoms. The lowest BCUT2D eigenvalue weighted by Crippen LogP contribution is -2.38. The van der Waals surface area contributed by atoms with Crippen LogP contribution in [0, 0.1) is 0 Å². The van der Waals surface area contributed by atoms with E-state index in [2.05, 4.69) is 25.3 Å². The van der Waals surface area contributed by atoms with E-state index >= 15 is 0 Å². The van der Waals surface area contributed by atoms with E-state index in [1.807, 2.05) is 20.8 Å². The van der Waals surface area contributed by atoms with Crippen molar-refractivity contribution < 1.29 is 14.1 Å². The van der Waals surface area contributed by atoms with Gasteiger partial charge in [-0.3, -0.25) is 5.32 Å². The third-order valence-corrected chi connectivity index (χ3v) is 4.31. The Kier molecular flexibility index (Phi) is 6.10. The molecule has 0 unspecified atom stereocenters. The maximum absolute atomic E-state index is 12.5. The van der Waals surface area contributed by atoms with Gasteiger partial charge in [0.05, 0.1) is 6.61 Å². The van der Waals surface area contributed by atoms with Crippen molar-refractivity contribution >= 4 is 17.8 Å². The minimum absolute atomic E-state index is 0.176. The van der Waals surface area contributed by atoms with Gasteiger partial charge < -0.3 is 19.1 Å². The molecular weight excluding hydrogens is 348 g/mol. The molecule has 1 saturated heterocycles. The Labute approximate surface area is 158 Å². The van der Waals surface area contributed by atoms with Crippen molar-refractivity contribution in [2.45, 2.75) is 33.1 Å². The van der Waals surface area contributed by atoms with Crippen LogP contribution in [0.3, 0.4) is 0 Å². The van der Waals surface area contributed by atoms with E-state index in [1.165, 1.54) is 0 Å². The zero-order chi connectivity index (χ0) is 19.2. The molecule has 0 saturated carbocycles. The molecule has 9 heteroatoms. The number of nitrogens with one attached hydrogen (secondary N) is 1. The van der Waals surface area contributed by atoms with E-state index in [4.69, 9.17) is 9.26 Å². The van der Waals surface area contributed by atoms with Crippen molar-refractivity contribution in [3.63, 3.8) is 0 Å². The number of hydrogen-bond donors (Lipinski definition) is 1. The van der Waals surface area contributed by atoms with Gasteiger partial charge in [0.1, 0.15) is 5.76 Å². The monoisotopic (exact) mass is 374 g/mol. The summed E-state index contributed by atoms with van der Waals surface area (Å²) in [6, 6.07) is 3.33. The first-order valence-corrected chi connectivity index (χ1v) is 9.30. The molecular formula is C18H26N6O3. The van der Waals surface area contributed by atoms with Gasteiger partial charge in [-0.1, -0.05) is 19.0 Å². The fourth-order valence-corrected chi connectivity index (χ4v) is 2.84. The van der Waals surface area contributed by atoms with E-state index in [9.17, 15) is 4.79 Å². The molecule has 27 heavy (non-hydrogen) atoms. The summed E-state index contributed by atoms with van der Waals surface area (Å²) in [6.07, 6.45) is 2.52. The third kappa shape index (κ3) is 4.87. The van der Waals surface area contributed by atoms with E-state index in [0.29, 0.717) is 43.9 Å². The molecule has 0 aromatic carbocycles. The summed E-state index contributed by atoms with van der Waals surface area (Å²) < 4.78 is 10.7. The topological polar surface area (TPSA) is 96.6 Å². The Morgan fingerprint density at radius 2 is 2.19 bits per heavy atom. The molecule has 1 N–H and O–H groups in total. The van der Waals surface area contributed by atoms with Gasteiger partial charge in [0.25, 0.3) is 0 Å². The minimum Gasteiger partial charge on any atom is -0.478 e. The molecule has 2 aromatic heterocycles. The number of rotatable bonds is 5. The van der Waals surface area contributed by atoms with Crippen molar-refractivity contribution in [1.82, 2.24) is 20.0 Å². The standard InChI is InChI=1S/C18H26N6O3/c1-4-26-16-6-7-19-17(21-16)23-8-5-9-24(11-10-23)18(25)20-15-12-14(13(2)3)27-22-15/h6-7,12-13H,4-5,8-11H2,1-3H3,(H,20,22,25). The molecule has 1 aliphatic heterocycles. The minimum atomic E-state index is -0.176. The van der Waals surface area contributed by atoms with Crippen LogP contribution < -0.4 is 15.0 Å². The van der Waals surface area contributed by atoms with Crippen LogP contribution in [0.4, 0.5) is 16.6 Å². The molecule has 0 atom stereocenters. The number of carbonyl (C=O) groups is 1. The van der Waals surface area contributed by atoms with E-state index in [-0.39, 0.29) is 11.9 Å². The second kappa shape index (κ2) is 8.70. The second-order valence-electron chi connectivity index (χ2n) is 6.65. The van der Waals surface area contributed by atoms with Crippen LogP contribution >= 0.6 is 0 Å². The molecule has 3 rings (SSSR count). The van der Waals surface area contributed by atoms with Gasteiger partial charge in [-0.2, -0.15) is 4.98 Å². The maximum atomic E-state index is 12.5. The average molecular weight is 374 g/mol. The Morgan fingerprint density at radius 3 is 2.93 bits per heavy atom. The Balaban J connectivity index is 1.58. The third-order valence-electron chi connectivity index (χ3n) is 4.31. The van der Waals surface area contributed by atoms with Gasteiger partial charge in [-0.05, 0) is 13.3 Å². The van der Waals surface area contributed by atoms with Crippen LogP contribution in [0.5, 0.6) is 5.88 Å². The van der Waals surface area contributed by atoms with Crippen molar-refractivity contribution in [3.05, 3.63) is 24.1 Å². The summed E-state index contributed by atoms with van der Waals surface area (Å²) in [7, 11) is 0. The van der Waals surface area contributed by atoms with E-state index in [0.717, 1.165) is 18.7 Å². The summed E-state index contributed by atoms with van der Waals surface area (Å²) in [6.45, 7) is 9.16. The number of nitrogens with zero attached hydrogens (tertiary/aromatic N) is 5. The normalized spacial score (nSPS) is 15.0. The molecule has 0 radical (unpaired) electrons. The SMILES string of the molecule is CCOc1ccnc(N2CCCN(C(=O)Nc3cc(C(C)C)on3)CC2)n1. The highest BCUT2D eigenvalue weighted by atomic mass is 16.5. The number of aromatic nitrogens is 3. The van der Waals surface area contributed by atoms with Crippen molar-refractivity contribution in [1.29, 1.82) is 0 Å². The van der Waals surface area contributed by atoms with Gasteiger partial charge in [0.15, 0.2) is 5.82 Å². The highest BCUT2D eigenvalue weighted by Gasteiger charge is 2.22. The van der Waals surface area contributed by atoms with Crippen LogP contribution in [-0.4, -0.2) is 58.8 Å². The molecule has 2 aromatic rings. The van der Waals surface area contributed by atoms with Gasteiger partial charge in [-0.15, -0.1) is 0 Å². The Hall–Kier alpha value is -2.84. The fourth-order valence-electron chi connectivity index (χ4n) is 2.84. The van der Waals surface area contributed by atoms with Gasteiger partial charge in [0, 0.05) is 50.4 Å².